The Morgan fingerprint density at radius 1 is 1.09 bits per heavy atom. The number of hydrogen-bond donors (Lipinski definition) is 0. The van der Waals surface area contributed by atoms with Gasteiger partial charge in [-0.05, 0) is 0 Å². The van der Waals surface area contributed by atoms with Gasteiger partial charge in [0.25, 0.3) is 0 Å². The first-order chi connectivity index (χ1) is 5.36. The molecule has 0 bridgehead atoms. The quantitative estimate of drug-likeness (QED) is 0.586. The van der Waals surface area contributed by atoms with E-state index >= 15 is 0 Å². The van der Waals surface area contributed by atoms with Gasteiger partial charge in [-0.3, -0.25) is 0 Å². The van der Waals surface area contributed by atoms with E-state index in [0.717, 1.165) is 15.5 Å². The molecule has 0 saturated heterocycles. The normalized spacial score (nSPS) is 10.2. The van der Waals surface area contributed by atoms with Crippen molar-refractivity contribution in [2.45, 2.75) is 0 Å². The first kappa shape index (κ1) is 6.77. The van der Waals surface area contributed by atoms with Gasteiger partial charge in [0.2, 0.25) is 0 Å². The van der Waals surface area contributed by atoms with Crippen molar-refractivity contribution in [2.75, 3.05) is 0 Å². The summed E-state index contributed by atoms with van der Waals surface area (Å²) in [5.74, 6) is 0. The summed E-state index contributed by atoms with van der Waals surface area (Å²) in [6.07, 6.45) is 0. The van der Waals surface area contributed by atoms with Crippen molar-refractivity contribution in [1.82, 2.24) is 10.2 Å². The number of rotatable bonds is 0. The second-order valence-corrected chi connectivity index (χ2v) is 3.12. The van der Waals surface area contributed by atoms with Gasteiger partial charge in [0.05, 0.1) is 0 Å². The molecule has 2 nitrogen and oxygen atoms in total. The van der Waals surface area contributed by atoms with Crippen LogP contribution < -0.4 is 4.59 Å². The van der Waals surface area contributed by atoms with Crippen LogP contribution in [0, 0.1) is 0 Å². The molecule has 0 atom stereocenters. The Kier molecular flexibility index (Phi) is 1.60. The zero-order valence-electron chi connectivity index (χ0n) is 5.69. The van der Waals surface area contributed by atoms with E-state index < -0.39 is 0 Å². The van der Waals surface area contributed by atoms with E-state index in [0.29, 0.717) is 0 Å². The Hall–Kier alpha value is -0.921. The standard InChI is InChI=1S/C8H5N2Se/c11-8-5-6-3-1-2-4-7(6)9-10-8/h1-5H. The summed E-state index contributed by atoms with van der Waals surface area (Å²) in [5.41, 5.74) is 0.937. The van der Waals surface area contributed by atoms with Crippen molar-refractivity contribution in [1.29, 1.82) is 0 Å². The molecule has 0 saturated carbocycles. The molecule has 1 heterocycles. The summed E-state index contributed by atoms with van der Waals surface area (Å²) in [6.45, 7) is 0. The fourth-order valence-corrected chi connectivity index (χ4v) is 1.32. The van der Waals surface area contributed by atoms with Gasteiger partial charge in [-0.15, -0.1) is 0 Å². The van der Waals surface area contributed by atoms with Gasteiger partial charge in [-0.1, -0.05) is 0 Å². The average molecular weight is 208 g/mol. The Labute approximate surface area is 72.5 Å². The number of nitrogens with zero attached hydrogens (tertiary/aromatic N) is 2. The molecule has 1 radical (unpaired) electrons. The van der Waals surface area contributed by atoms with Gasteiger partial charge in [0.1, 0.15) is 0 Å². The Morgan fingerprint density at radius 3 is 2.82 bits per heavy atom. The van der Waals surface area contributed by atoms with Crippen LogP contribution in [-0.4, -0.2) is 26.2 Å². The average Bonchev–Trinajstić information content (AvgIpc) is 2.04. The van der Waals surface area contributed by atoms with Crippen molar-refractivity contribution >= 4 is 31.5 Å². The zero-order chi connectivity index (χ0) is 7.68. The molecule has 0 fully saturated rings. The van der Waals surface area contributed by atoms with E-state index in [1.807, 2.05) is 30.3 Å². The second-order valence-electron chi connectivity index (χ2n) is 2.24. The van der Waals surface area contributed by atoms with E-state index in [1.165, 1.54) is 0 Å². The SMILES string of the molecule is [Se]c1cc2ccccc2nn1. The van der Waals surface area contributed by atoms with Crippen LogP contribution in [0.15, 0.2) is 30.3 Å². The third-order valence-electron chi connectivity index (χ3n) is 1.47. The molecular weight excluding hydrogens is 203 g/mol. The monoisotopic (exact) mass is 209 g/mol. The molecule has 1 aromatic carbocycles. The van der Waals surface area contributed by atoms with Crippen molar-refractivity contribution in [3.8, 4) is 0 Å². The fourth-order valence-electron chi connectivity index (χ4n) is 0.966. The molecule has 0 unspecified atom stereocenters. The van der Waals surface area contributed by atoms with Crippen LogP contribution in [0.1, 0.15) is 0 Å². The second kappa shape index (κ2) is 2.61. The van der Waals surface area contributed by atoms with Crippen molar-refractivity contribution in [3.05, 3.63) is 30.3 Å². The van der Waals surface area contributed by atoms with Gasteiger partial charge in [0, 0.05) is 0 Å². The van der Waals surface area contributed by atoms with Gasteiger partial charge in [0.15, 0.2) is 0 Å². The van der Waals surface area contributed by atoms with Gasteiger partial charge < -0.3 is 0 Å². The molecule has 11 heavy (non-hydrogen) atoms. The third kappa shape index (κ3) is 1.25. The van der Waals surface area contributed by atoms with Crippen LogP contribution in [0.2, 0.25) is 0 Å². The topological polar surface area (TPSA) is 25.8 Å². The van der Waals surface area contributed by atoms with E-state index in [4.69, 9.17) is 0 Å². The molecule has 0 N–H and O–H groups in total. The molecule has 0 spiro atoms. The van der Waals surface area contributed by atoms with Crippen molar-refractivity contribution in [3.63, 3.8) is 0 Å². The molecule has 0 aliphatic heterocycles. The summed E-state index contributed by atoms with van der Waals surface area (Å²) in [5, 5.41) is 9.02. The first-order valence-corrected chi connectivity index (χ1v) is 4.11. The maximum absolute atomic E-state index is 4.00. The molecule has 0 amide bonds. The summed E-state index contributed by atoms with van der Waals surface area (Å²) < 4.78 is 0.837. The minimum absolute atomic E-state index is 0.837. The number of benzene rings is 1. The summed E-state index contributed by atoms with van der Waals surface area (Å²) in [7, 11) is 0. The maximum atomic E-state index is 4.00. The summed E-state index contributed by atoms with van der Waals surface area (Å²) in [6, 6.07) is 9.88. The molecule has 2 rings (SSSR count). The van der Waals surface area contributed by atoms with E-state index in [2.05, 4.69) is 26.2 Å². The van der Waals surface area contributed by atoms with Gasteiger partial charge in [-0.2, -0.15) is 0 Å². The predicted octanol–water partition coefficient (Wildman–Crippen LogP) is 0.424. The van der Waals surface area contributed by atoms with Crippen LogP contribution >= 0.6 is 0 Å². The minimum atomic E-state index is 0.837. The Bertz CT molecular complexity index is 387. The summed E-state index contributed by atoms with van der Waals surface area (Å²) >= 11 is 2.82. The molecule has 0 aliphatic rings. The molecule has 2 aromatic rings. The van der Waals surface area contributed by atoms with Crippen LogP contribution in [0.4, 0.5) is 0 Å². The Morgan fingerprint density at radius 2 is 1.91 bits per heavy atom. The van der Waals surface area contributed by atoms with Crippen LogP contribution in [0.25, 0.3) is 10.9 Å². The molecule has 1 aromatic heterocycles. The van der Waals surface area contributed by atoms with Crippen LogP contribution in [0.3, 0.4) is 0 Å². The van der Waals surface area contributed by atoms with E-state index in [9.17, 15) is 0 Å². The fraction of sp³-hybridized carbons (Fsp3) is 0. The molecular formula is C8H5N2Se. The number of hydrogen-bond acceptors (Lipinski definition) is 2. The first-order valence-electron chi connectivity index (χ1n) is 3.26. The van der Waals surface area contributed by atoms with E-state index in [1.54, 1.807) is 0 Å². The van der Waals surface area contributed by atoms with Crippen LogP contribution in [0.5, 0.6) is 0 Å². The molecule has 0 aliphatic carbocycles. The zero-order valence-corrected chi connectivity index (χ0v) is 7.40. The number of aromatic nitrogens is 2. The Balaban J connectivity index is 2.83. The summed E-state index contributed by atoms with van der Waals surface area (Å²) in [4.78, 5) is 0. The van der Waals surface area contributed by atoms with Crippen molar-refractivity contribution in [2.24, 2.45) is 0 Å². The number of fused-ring (bicyclic) bond motifs is 1. The van der Waals surface area contributed by atoms with Gasteiger partial charge in [-0.25, -0.2) is 0 Å². The van der Waals surface area contributed by atoms with Gasteiger partial charge >= 0.3 is 72.0 Å². The predicted molar refractivity (Wildman–Crippen MR) is 44.9 cm³/mol. The van der Waals surface area contributed by atoms with Crippen molar-refractivity contribution < 1.29 is 0 Å². The molecule has 53 valence electrons. The van der Waals surface area contributed by atoms with Crippen LogP contribution in [-0.2, 0) is 0 Å². The van der Waals surface area contributed by atoms with E-state index in [-0.39, 0.29) is 0 Å². The third-order valence-corrected chi connectivity index (χ3v) is 1.89. The molecule has 3 heteroatoms.